The average molecular weight is 443 g/mol. The van der Waals surface area contributed by atoms with Gasteiger partial charge in [-0.2, -0.15) is 5.10 Å². The van der Waals surface area contributed by atoms with Crippen LogP contribution >= 0.6 is 15.9 Å². The van der Waals surface area contributed by atoms with Gasteiger partial charge in [-0.1, -0.05) is 22.0 Å². The Morgan fingerprint density at radius 1 is 1.07 bits per heavy atom. The van der Waals surface area contributed by atoms with E-state index in [9.17, 15) is 14.7 Å². The summed E-state index contributed by atoms with van der Waals surface area (Å²) in [6.07, 6.45) is 1.19. The van der Waals surface area contributed by atoms with Gasteiger partial charge in [-0.3, -0.25) is 15.2 Å². The Labute approximate surface area is 169 Å². The second-order valence-corrected chi connectivity index (χ2v) is 7.29. The predicted octanol–water partition coefficient (Wildman–Crippen LogP) is 3.37. The average Bonchev–Trinajstić information content (AvgIpc) is 2.63. The van der Waals surface area contributed by atoms with E-state index in [1.165, 1.54) is 6.21 Å². The predicted molar refractivity (Wildman–Crippen MR) is 114 cm³/mol. The van der Waals surface area contributed by atoms with Gasteiger partial charge in [0.05, 0.1) is 17.6 Å². The lowest BCUT2D eigenvalue weighted by Crippen LogP contribution is -2.31. The number of nitrogens with one attached hydrogen (secondary N) is 2. The minimum atomic E-state index is -0.733. The van der Waals surface area contributed by atoms with Gasteiger partial charge in [0.2, 0.25) is 5.88 Å². The molecule has 0 saturated heterocycles. The SMILES string of the molecule is Cc1ccc(NN=Cc2c(O)n(-c3ccc(Br)c(C)c3)c(=O)[nH]c2=O)cc1C. The zero-order valence-corrected chi connectivity index (χ0v) is 17.2. The highest BCUT2D eigenvalue weighted by Crippen LogP contribution is 2.22. The van der Waals surface area contributed by atoms with E-state index in [4.69, 9.17) is 0 Å². The van der Waals surface area contributed by atoms with Crippen LogP contribution in [0, 0.1) is 20.8 Å². The van der Waals surface area contributed by atoms with E-state index in [1.807, 2.05) is 39.0 Å². The molecule has 0 radical (unpaired) electrons. The fraction of sp³-hybridized carbons (Fsp3) is 0.150. The van der Waals surface area contributed by atoms with Crippen LogP contribution in [0.2, 0.25) is 0 Å². The molecular formula is C20H19BrN4O3. The number of halogens is 1. The molecule has 0 atom stereocenters. The lowest BCUT2D eigenvalue weighted by Gasteiger charge is -2.11. The maximum absolute atomic E-state index is 12.2. The number of hydrogen-bond acceptors (Lipinski definition) is 5. The van der Waals surface area contributed by atoms with Crippen LogP contribution in [0.5, 0.6) is 5.88 Å². The lowest BCUT2D eigenvalue weighted by molar-refractivity contribution is 0.430. The second-order valence-electron chi connectivity index (χ2n) is 6.43. The number of hydrazone groups is 1. The van der Waals surface area contributed by atoms with E-state index in [0.29, 0.717) is 5.69 Å². The summed E-state index contributed by atoms with van der Waals surface area (Å²) < 4.78 is 1.89. The summed E-state index contributed by atoms with van der Waals surface area (Å²) in [5, 5.41) is 14.6. The zero-order chi connectivity index (χ0) is 20.4. The number of aromatic amines is 1. The summed E-state index contributed by atoms with van der Waals surface area (Å²) in [6.45, 7) is 5.85. The summed E-state index contributed by atoms with van der Waals surface area (Å²) in [6, 6.07) is 10.9. The normalized spacial score (nSPS) is 11.1. The van der Waals surface area contributed by atoms with Crippen LogP contribution in [-0.2, 0) is 0 Å². The fourth-order valence-electron chi connectivity index (χ4n) is 2.64. The molecule has 0 fully saturated rings. The van der Waals surface area contributed by atoms with Crippen molar-refractivity contribution in [1.29, 1.82) is 0 Å². The molecule has 3 rings (SSSR count). The maximum Gasteiger partial charge on any atom is 0.335 e. The molecule has 0 spiro atoms. The number of H-pyrrole nitrogens is 1. The van der Waals surface area contributed by atoms with E-state index in [2.05, 4.69) is 31.4 Å². The summed E-state index contributed by atoms with van der Waals surface area (Å²) in [7, 11) is 0. The molecule has 3 N–H and O–H groups in total. The van der Waals surface area contributed by atoms with E-state index >= 15 is 0 Å². The molecule has 2 aromatic carbocycles. The quantitative estimate of drug-likeness (QED) is 0.425. The first-order valence-corrected chi connectivity index (χ1v) is 9.28. The smallest absolute Gasteiger partial charge is 0.335 e. The van der Waals surface area contributed by atoms with Crippen LogP contribution in [0.3, 0.4) is 0 Å². The molecule has 0 aliphatic carbocycles. The third kappa shape index (κ3) is 3.91. The molecule has 28 heavy (non-hydrogen) atoms. The number of rotatable bonds is 4. The zero-order valence-electron chi connectivity index (χ0n) is 15.6. The first kappa shape index (κ1) is 19.6. The fourth-order valence-corrected chi connectivity index (χ4v) is 2.89. The van der Waals surface area contributed by atoms with E-state index in [1.54, 1.807) is 18.2 Å². The van der Waals surface area contributed by atoms with Gasteiger partial charge in [-0.15, -0.1) is 0 Å². The van der Waals surface area contributed by atoms with Crippen LogP contribution in [0.25, 0.3) is 5.69 Å². The molecule has 1 heterocycles. The Balaban J connectivity index is 1.99. The maximum atomic E-state index is 12.2. The summed E-state index contributed by atoms with van der Waals surface area (Å²) >= 11 is 3.39. The van der Waals surface area contributed by atoms with Crippen molar-refractivity contribution in [3.63, 3.8) is 0 Å². The van der Waals surface area contributed by atoms with Crippen LogP contribution in [0.4, 0.5) is 5.69 Å². The molecule has 3 aromatic rings. The summed E-state index contributed by atoms with van der Waals surface area (Å²) in [5.41, 5.74) is 5.53. The summed E-state index contributed by atoms with van der Waals surface area (Å²) in [5.74, 6) is -0.485. The van der Waals surface area contributed by atoms with Gasteiger partial charge >= 0.3 is 5.69 Å². The van der Waals surface area contributed by atoms with Gasteiger partial charge in [0.25, 0.3) is 5.56 Å². The highest BCUT2D eigenvalue weighted by Gasteiger charge is 2.14. The molecule has 8 heteroatoms. The first-order valence-electron chi connectivity index (χ1n) is 8.49. The van der Waals surface area contributed by atoms with Gasteiger partial charge < -0.3 is 5.11 Å². The number of aromatic nitrogens is 2. The number of aromatic hydroxyl groups is 1. The largest absolute Gasteiger partial charge is 0.493 e. The molecule has 144 valence electrons. The van der Waals surface area contributed by atoms with E-state index in [0.717, 1.165) is 31.4 Å². The van der Waals surface area contributed by atoms with Gasteiger partial charge in [-0.25, -0.2) is 9.36 Å². The van der Waals surface area contributed by atoms with Crippen molar-refractivity contribution in [1.82, 2.24) is 9.55 Å². The summed E-state index contributed by atoms with van der Waals surface area (Å²) in [4.78, 5) is 26.6. The van der Waals surface area contributed by atoms with Crippen molar-refractivity contribution in [3.8, 4) is 11.6 Å². The molecule has 7 nitrogen and oxygen atoms in total. The van der Waals surface area contributed by atoms with Crippen molar-refractivity contribution >= 4 is 27.8 Å². The van der Waals surface area contributed by atoms with Gasteiger partial charge in [-0.05, 0) is 67.8 Å². The number of hydrogen-bond donors (Lipinski definition) is 3. The Kier molecular flexibility index (Phi) is 5.51. The lowest BCUT2D eigenvalue weighted by atomic mass is 10.1. The minimum absolute atomic E-state index is 0.128. The van der Waals surface area contributed by atoms with Crippen molar-refractivity contribution < 1.29 is 5.11 Å². The van der Waals surface area contributed by atoms with Gasteiger partial charge in [0.15, 0.2) is 0 Å². The standard InChI is InChI=1S/C20H19BrN4O3/c1-11-4-5-14(8-12(11)2)24-22-10-16-18(26)23-20(28)25(19(16)27)15-6-7-17(21)13(3)9-15/h4-10,24,27H,1-3H3,(H,23,26,28). The minimum Gasteiger partial charge on any atom is -0.493 e. The molecule has 1 aromatic heterocycles. The molecule has 0 unspecified atom stereocenters. The first-order chi connectivity index (χ1) is 13.3. The third-order valence-corrected chi connectivity index (χ3v) is 5.30. The Morgan fingerprint density at radius 3 is 2.50 bits per heavy atom. The Bertz CT molecular complexity index is 1200. The topological polar surface area (TPSA) is 99.5 Å². The van der Waals surface area contributed by atoms with Crippen LogP contribution in [0.1, 0.15) is 22.3 Å². The van der Waals surface area contributed by atoms with Crippen molar-refractivity contribution in [2.24, 2.45) is 5.10 Å². The number of aryl methyl sites for hydroxylation is 3. The molecule has 0 bridgehead atoms. The van der Waals surface area contributed by atoms with Crippen molar-refractivity contribution in [3.05, 3.63) is 84.0 Å². The second kappa shape index (κ2) is 7.85. The highest BCUT2D eigenvalue weighted by atomic mass is 79.9. The third-order valence-electron chi connectivity index (χ3n) is 4.41. The number of anilines is 1. The van der Waals surface area contributed by atoms with Crippen LogP contribution < -0.4 is 16.7 Å². The highest BCUT2D eigenvalue weighted by molar-refractivity contribution is 9.10. The van der Waals surface area contributed by atoms with Crippen molar-refractivity contribution in [2.75, 3.05) is 5.43 Å². The van der Waals surface area contributed by atoms with E-state index in [-0.39, 0.29) is 5.56 Å². The van der Waals surface area contributed by atoms with Gasteiger partial charge in [0.1, 0.15) is 5.56 Å². The number of benzene rings is 2. The van der Waals surface area contributed by atoms with Crippen LogP contribution in [0.15, 0.2) is 55.6 Å². The monoisotopic (exact) mass is 442 g/mol. The molecular weight excluding hydrogens is 424 g/mol. The Morgan fingerprint density at radius 2 is 1.82 bits per heavy atom. The Hall–Kier alpha value is -3.13. The number of nitrogens with zero attached hydrogens (tertiary/aromatic N) is 2. The molecule has 0 saturated carbocycles. The van der Waals surface area contributed by atoms with Crippen molar-refractivity contribution in [2.45, 2.75) is 20.8 Å². The molecule has 0 aliphatic rings. The van der Waals surface area contributed by atoms with Gasteiger partial charge in [0, 0.05) is 4.47 Å². The molecule has 0 amide bonds. The molecule has 0 aliphatic heterocycles. The van der Waals surface area contributed by atoms with Crippen LogP contribution in [-0.4, -0.2) is 20.9 Å². The van der Waals surface area contributed by atoms with E-state index < -0.39 is 17.1 Å².